The van der Waals surface area contributed by atoms with Crippen LogP contribution in [-0.2, 0) is 0 Å². The smallest absolute Gasteiger partial charge is 0.0270 e. The summed E-state index contributed by atoms with van der Waals surface area (Å²) in [5.74, 6) is 0. The highest BCUT2D eigenvalue weighted by atomic mass is 16.5. The van der Waals surface area contributed by atoms with Gasteiger partial charge in [-0.15, -0.1) is 0 Å². The fourth-order valence-corrected chi connectivity index (χ4v) is 0.280. The van der Waals surface area contributed by atoms with Gasteiger partial charge in [0.15, 0.2) is 0 Å². The predicted octanol–water partition coefficient (Wildman–Crippen LogP) is -0.197. The molecule has 0 unspecified atom stereocenters. The molecule has 0 aromatic heterocycles. The summed E-state index contributed by atoms with van der Waals surface area (Å²) in [6, 6.07) is 0. The Morgan fingerprint density at radius 3 is 1.43 bits per heavy atom. The topological polar surface area (TPSA) is 52.6 Å². The van der Waals surface area contributed by atoms with Crippen LogP contribution in [0.5, 0.6) is 0 Å². The van der Waals surface area contributed by atoms with Crippen LogP contribution in [0.15, 0.2) is 0 Å². The monoisotopic (exact) mass is 104 g/mol. The predicted molar refractivity (Wildman–Crippen MR) is 27.1 cm³/mol. The molecule has 4 nitrogen and oxygen atoms in total. The molecule has 0 amide bonds. The van der Waals surface area contributed by atoms with Gasteiger partial charge in [0, 0.05) is 6.67 Å². The highest BCUT2D eigenvalue weighted by Gasteiger charge is 1.75. The highest BCUT2D eigenvalue weighted by molar-refractivity contribution is 4.48. The number of nitrogens with zero attached hydrogens (tertiary/aromatic N) is 2. The summed E-state index contributed by atoms with van der Waals surface area (Å²) < 4.78 is 0. The zero-order valence-corrected chi connectivity index (χ0v) is 4.42. The summed E-state index contributed by atoms with van der Waals surface area (Å²) in [6.45, 7) is -0.0833. The molecule has 0 aliphatic rings. The molecule has 0 aromatic carbocycles. The molecular weight excluding hydrogens is 96.0 g/mol. The average Bonchev–Trinajstić information content (AvgIpc) is 1.27. The van der Waals surface area contributed by atoms with Gasteiger partial charge in [0.1, 0.15) is 0 Å². The zero-order chi connectivity index (χ0) is 5.86. The van der Waals surface area contributed by atoms with Gasteiger partial charge >= 0.3 is 0 Å². The molecular formula is C3H8N2O2-2. The van der Waals surface area contributed by atoms with E-state index in [1.165, 1.54) is 14.1 Å². The Kier molecular flexibility index (Phi) is 2.86. The standard InChI is InChI=1S/C3H8N2O2/c1-4(6)3-5(2)7/h3H2,1-2H3/q-2. The zero-order valence-electron chi connectivity index (χ0n) is 4.42. The summed E-state index contributed by atoms with van der Waals surface area (Å²) in [4.78, 5) is 0. The molecule has 0 rings (SSSR count). The van der Waals surface area contributed by atoms with Crippen LogP contribution in [0.2, 0.25) is 0 Å². The van der Waals surface area contributed by atoms with Gasteiger partial charge in [-0.2, -0.15) is 0 Å². The number of hydrogen-bond acceptors (Lipinski definition) is 4. The largest absolute Gasteiger partial charge is 0.784 e. The first-order valence-electron chi connectivity index (χ1n) is 1.89. The molecule has 4 heteroatoms. The molecule has 0 aliphatic heterocycles. The first kappa shape index (κ1) is 6.84. The quantitative estimate of drug-likeness (QED) is 0.359. The van der Waals surface area contributed by atoms with Crippen molar-refractivity contribution in [2.45, 2.75) is 0 Å². The van der Waals surface area contributed by atoms with Gasteiger partial charge in [-0.1, -0.05) is 0 Å². The molecule has 0 saturated heterocycles. The first-order chi connectivity index (χ1) is 3.13. The van der Waals surface area contributed by atoms with Crippen LogP contribution in [0, 0.1) is 10.4 Å². The molecule has 0 saturated carbocycles. The Morgan fingerprint density at radius 1 is 1.14 bits per heavy atom. The van der Waals surface area contributed by atoms with Crippen LogP contribution in [0.4, 0.5) is 0 Å². The fraction of sp³-hybridized carbons (Fsp3) is 1.00. The van der Waals surface area contributed by atoms with E-state index in [-0.39, 0.29) is 6.67 Å². The lowest BCUT2D eigenvalue weighted by molar-refractivity contribution is 0.295. The SMILES string of the molecule is CN([O-])CN(C)[O-]. The van der Waals surface area contributed by atoms with E-state index in [4.69, 9.17) is 0 Å². The molecule has 44 valence electrons. The number of hydrogen-bond donors (Lipinski definition) is 0. The molecule has 0 fully saturated rings. The van der Waals surface area contributed by atoms with Gasteiger partial charge < -0.3 is 20.5 Å². The third kappa shape index (κ3) is 5.84. The van der Waals surface area contributed by atoms with Crippen LogP contribution in [0.25, 0.3) is 0 Å². The van der Waals surface area contributed by atoms with E-state index in [2.05, 4.69) is 0 Å². The van der Waals surface area contributed by atoms with E-state index < -0.39 is 0 Å². The third-order valence-corrected chi connectivity index (χ3v) is 0.398. The maximum Gasteiger partial charge on any atom is 0.0270 e. The van der Waals surface area contributed by atoms with Crippen molar-refractivity contribution < 1.29 is 0 Å². The summed E-state index contributed by atoms with van der Waals surface area (Å²) >= 11 is 0. The average molecular weight is 104 g/mol. The summed E-state index contributed by atoms with van der Waals surface area (Å²) in [7, 11) is 2.60. The Hall–Kier alpha value is -0.160. The Labute approximate surface area is 42.5 Å². The minimum absolute atomic E-state index is 0.0833. The second kappa shape index (κ2) is 2.92. The van der Waals surface area contributed by atoms with Gasteiger partial charge in [0.05, 0.1) is 0 Å². The maximum absolute atomic E-state index is 9.93. The molecule has 7 heavy (non-hydrogen) atoms. The van der Waals surface area contributed by atoms with Gasteiger partial charge in [-0.25, -0.2) is 0 Å². The number of rotatable bonds is 2. The maximum atomic E-state index is 9.93. The van der Waals surface area contributed by atoms with Gasteiger partial charge in [-0.3, -0.25) is 0 Å². The molecule has 0 atom stereocenters. The van der Waals surface area contributed by atoms with E-state index in [1.54, 1.807) is 0 Å². The van der Waals surface area contributed by atoms with Crippen LogP contribution < -0.4 is 0 Å². The van der Waals surface area contributed by atoms with E-state index in [9.17, 15) is 10.4 Å². The van der Waals surface area contributed by atoms with Gasteiger partial charge in [0.25, 0.3) is 0 Å². The van der Waals surface area contributed by atoms with Crippen molar-refractivity contribution >= 4 is 0 Å². The Balaban J connectivity index is 2.95. The molecule has 0 aromatic rings. The first-order valence-corrected chi connectivity index (χ1v) is 1.89. The van der Waals surface area contributed by atoms with E-state index >= 15 is 0 Å². The van der Waals surface area contributed by atoms with E-state index in [0.29, 0.717) is 10.1 Å². The molecule has 0 N–H and O–H groups in total. The van der Waals surface area contributed by atoms with Crippen molar-refractivity contribution in [1.82, 2.24) is 10.1 Å². The fourth-order valence-electron chi connectivity index (χ4n) is 0.280. The van der Waals surface area contributed by atoms with Crippen molar-refractivity contribution in [1.29, 1.82) is 0 Å². The summed E-state index contributed by atoms with van der Waals surface area (Å²) in [5, 5.41) is 21.0. The highest BCUT2D eigenvalue weighted by Crippen LogP contribution is 1.78. The molecule has 0 bridgehead atoms. The minimum Gasteiger partial charge on any atom is -0.784 e. The van der Waals surface area contributed by atoms with Crippen molar-refractivity contribution in [3.05, 3.63) is 10.4 Å². The molecule has 0 radical (unpaired) electrons. The Bertz CT molecular complexity index is 40.2. The van der Waals surface area contributed by atoms with E-state index in [1.807, 2.05) is 0 Å². The van der Waals surface area contributed by atoms with Gasteiger partial charge in [-0.05, 0) is 14.1 Å². The molecule has 0 aliphatic carbocycles. The second-order valence-electron chi connectivity index (χ2n) is 1.40. The third-order valence-electron chi connectivity index (χ3n) is 0.398. The summed E-state index contributed by atoms with van der Waals surface area (Å²) in [5.41, 5.74) is 0. The van der Waals surface area contributed by atoms with Crippen molar-refractivity contribution in [3.63, 3.8) is 0 Å². The Morgan fingerprint density at radius 2 is 1.43 bits per heavy atom. The summed E-state index contributed by atoms with van der Waals surface area (Å²) in [6.07, 6.45) is 0. The molecule has 0 spiro atoms. The molecule has 0 heterocycles. The van der Waals surface area contributed by atoms with E-state index in [0.717, 1.165) is 0 Å². The van der Waals surface area contributed by atoms with Crippen molar-refractivity contribution in [2.24, 2.45) is 0 Å². The number of hydroxylamine groups is 4. The van der Waals surface area contributed by atoms with Crippen LogP contribution >= 0.6 is 0 Å². The second-order valence-corrected chi connectivity index (χ2v) is 1.40. The normalized spacial score (nSPS) is 11.1. The lowest BCUT2D eigenvalue weighted by atomic mass is 11.0. The van der Waals surface area contributed by atoms with Crippen molar-refractivity contribution in [3.8, 4) is 0 Å². The van der Waals surface area contributed by atoms with Crippen molar-refractivity contribution in [2.75, 3.05) is 20.8 Å². The van der Waals surface area contributed by atoms with Gasteiger partial charge in [0.2, 0.25) is 0 Å². The lowest BCUT2D eigenvalue weighted by Crippen LogP contribution is -2.23. The lowest BCUT2D eigenvalue weighted by Gasteiger charge is -2.32. The van der Waals surface area contributed by atoms with Crippen LogP contribution in [-0.4, -0.2) is 30.9 Å². The van der Waals surface area contributed by atoms with Crippen LogP contribution in [0.1, 0.15) is 0 Å². The minimum atomic E-state index is -0.0833. The van der Waals surface area contributed by atoms with Crippen LogP contribution in [0.3, 0.4) is 0 Å².